The average molecular weight is 241 g/mol. The van der Waals surface area contributed by atoms with Crippen molar-refractivity contribution in [1.82, 2.24) is 4.90 Å². The highest BCUT2D eigenvalue weighted by Crippen LogP contribution is 2.37. The zero-order chi connectivity index (χ0) is 12.6. The number of hydrogen-bond acceptors (Lipinski definition) is 2. The molecule has 1 saturated heterocycles. The molecule has 0 N–H and O–H groups in total. The van der Waals surface area contributed by atoms with E-state index in [-0.39, 0.29) is 0 Å². The van der Waals surface area contributed by atoms with Crippen LogP contribution >= 0.6 is 0 Å². The topological polar surface area (TPSA) is 12.5 Å². The first-order valence-electron chi connectivity index (χ1n) is 6.14. The minimum Gasteiger partial charge on any atom is -0.415 e. The zero-order valence-corrected chi connectivity index (χ0v) is 12.8. The molecule has 1 aliphatic rings. The van der Waals surface area contributed by atoms with Crippen LogP contribution in [0.4, 0.5) is 0 Å². The molecular formula is C13H27NOSi. The molecule has 0 amide bonds. The Kier molecular flexibility index (Phi) is 4.03. The normalized spacial score (nSPS) is 24.1. The molecule has 1 rings (SSSR count). The maximum Gasteiger partial charge on any atom is 0.192 e. The molecule has 0 saturated carbocycles. The second-order valence-corrected chi connectivity index (χ2v) is 11.4. The summed E-state index contributed by atoms with van der Waals surface area (Å²) in [4.78, 5) is 2.36. The van der Waals surface area contributed by atoms with E-state index in [1.54, 1.807) is 0 Å². The molecule has 1 atom stereocenters. The quantitative estimate of drug-likeness (QED) is 0.555. The van der Waals surface area contributed by atoms with Crippen LogP contribution in [0.3, 0.4) is 0 Å². The molecule has 0 aromatic heterocycles. The molecule has 1 fully saturated rings. The first kappa shape index (κ1) is 13.9. The maximum absolute atomic E-state index is 6.25. The Morgan fingerprint density at radius 1 is 1.44 bits per heavy atom. The molecule has 94 valence electrons. The fourth-order valence-electron chi connectivity index (χ4n) is 1.74. The fourth-order valence-corrected chi connectivity index (χ4v) is 2.78. The van der Waals surface area contributed by atoms with Crippen molar-refractivity contribution in [1.29, 1.82) is 0 Å². The molecule has 0 aliphatic carbocycles. The zero-order valence-electron chi connectivity index (χ0n) is 11.8. The summed E-state index contributed by atoms with van der Waals surface area (Å²) in [6, 6.07) is 0.543. The number of nitrogens with zero attached hydrogens (tertiary/aromatic N) is 1. The van der Waals surface area contributed by atoms with E-state index in [2.05, 4.69) is 52.4 Å². The van der Waals surface area contributed by atoms with Gasteiger partial charge in [0.05, 0.1) is 0 Å². The SMILES string of the molecule is C=C1C[C@@H](CO[Si](C)(C)C(C)(C)C)N(C)C1. The lowest BCUT2D eigenvalue weighted by Gasteiger charge is -2.37. The predicted molar refractivity (Wildman–Crippen MR) is 73.3 cm³/mol. The Balaban J connectivity index is 2.49. The van der Waals surface area contributed by atoms with Crippen LogP contribution in [0.5, 0.6) is 0 Å². The van der Waals surface area contributed by atoms with E-state index in [0.29, 0.717) is 11.1 Å². The lowest BCUT2D eigenvalue weighted by atomic mass is 10.2. The summed E-state index contributed by atoms with van der Waals surface area (Å²) in [5, 5.41) is 0.307. The monoisotopic (exact) mass is 241 g/mol. The first-order valence-corrected chi connectivity index (χ1v) is 9.05. The van der Waals surface area contributed by atoms with Crippen LogP contribution in [0.25, 0.3) is 0 Å². The molecule has 1 aliphatic heterocycles. The van der Waals surface area contributed by atoms with E-state index in [4.69, 9.17) is 4.43 Å². The Labute approximate surface area is 102 Å². The third kappa shape index (κ3) is 3.19. The van der Waals surface area contributed by atoms with Gasteiger partial charge in [-0.1, -0.05) is 32.9 Å². The van der Waals surface area contributed by atoms with Crippen LogP contribution in [-0.2, 0) is 4.43 Å². The largest absolute Gasteiger partial charge is 0.415 e. The van der Waals surface area contributed by atoms with Crippen LogP contribution in [0, 0.1) is 0 Å². The molecule has 0 aromatic carbocycles. The summed E-state index contributed by atoms with van der Waals surface area (Å²) in [5.74, 6) is 0. The fraction of sp³-hybridized carbons (Fsp3) is 0.846. The summed E-state index contributed by atoms with van der Waals surface area (Å²) in [5.41, 5.74) is 1.34. The van der Waals surface area contributed by atoms with Gasteiger partial charge in [0.2, 0.25) is 0 Å². The molecule has 16 heavy (non-hydrogen) atoms. The van der Waals surface area contributed by atoms with Gasteiger partial charge in [-0.3, -0.25) is 4.90 Å². The van der Waals surface area contributed by atoms with Crippen molar-refractivity contribution in [3.63, 3.8) is 0 Å². The summed E-state index contributed by atoms with van der Waals surface area (Å²) in [6.07, 6.45) is 1.10. The maximum atomic E-state index is 6.25. The Hall–Kier alpha value is -0.123. The third-order valence-corrected chi connectivity index (χ3v) is 8.56. The van der Waals surface area contributed by atoms with Gasteiger partial charge in [0, 0.05) is 19.2 Å². The standard InChI is InChI=1S/C13H27NOSi/c1-11-8-12(14(5)9-11)10-15-16(6,7)13(2,3)4/h12H,1,8-10H2,2-7H3/t12-/m0/s1. The highest BCUT2D eigenvalue weighted by molar-refractivity contribution is 6.74. The average Bonchev–Trinajstić information content (AvgIpc) is 2.39. The van der Waals surface area contributed by atoms with E-state index in [1.807, 2.05) is 0 Å². The summed E-state index contributed by atoms with van der Waals surface area (Å²) >= 11 is 0. The predicted octanol–water partition coefficient (Wildman–Crippen LogP) is 3.27. The van der Waals surface area contributed by atoms with Gasteiger partial charge in [-0.15, -0.1) is 0 Å². The van der Waals surface area contributed by atoms with E-state index in [1.165, 1.54) is 5.57 Å². The van der Waals surface area contributed by atoms with Crippen LogP contribution in [0.15, 0.2) is 12.2 Å². The molecule has 0 aromatic rings. The number of rotatable bonds is 3. The summed E-state index contributed by atoms with van der Waals surface area (Å²) in [6.45, 7) is 17.5. The smallest absolute Gasteiger partial charge is 0.192 e. The van der Waals surface area contributed by atoms with Gasteiger partial charge in [-0.25, -0.2) is 0 Å². The molecular weight excluding hydrogens is 214 g/mol. The van der Waals surface area contributed by atoms with Gasteiger partial charge in [0.1, 0.15) is 0 Å². The molecule has 2 nitrogen and oxygen atoms in total. The van der Waals surface area contributed by atoms with Crippen LogP contribution in [-0.4, -0.2) is 39.5 Å². The summed E-state index contributed by atoms with van der Waals surface area (Å²) < 4.78 is 6.25. The van der Waals surface area contributed by atoms with Crippen molar-refractivity contribution in [3.8, 4) is 0 Å². The van der Waals surface area contributed by atoms with Gasteiger partial charge in [-0.05, 0) is 31.6 Å². The lowest BCUT2D eigenvalue weighted by Crippen LogP contribution is -2.44. The molecule has 0 spiro atoms. The van der Waals surface area contributed by atoms with Crippen LogP contribution < -0.4 is 0 Å². The van der Waals surface area contributed by atoms with Crippen molar-refractivity contribution in [2.45, 2.75) is 51.4 Å². The van der Waals surface area contributed by atoms with Crippen molar-refractivity contribution in [3.05, 3.63) is 12.2 Å². The van der Waals surface area contributed by atoms with Crippen molar-refractivity contribution >= 4 is 8.32 Å². The van der Waals surface area contributed by atoms with Gasteiger partial charge < -0.3 is 4.43 Å². The van der Waals surface area contributed by atoms with Gasteiger partial charge in [-0.2, -0.15) is 0 Å². The summed E-state index contributed by atoms with van der Waals surface area (Å²) in [7, 11) is 0.584. The molecule has 3 heteroatoms. The van der Waals surface area contributed by atoms with E-state index in [0.717, 1.165) is 19.6 Å². The second kappa shape index (κ2) is 4.63. The van der Waals surface area contributed by atoms with E-state index in [9.17, 15) is 0 Å². The van der Waals surface area contributed by atoms with Crippen molar-refractivity contribution < 1.29 is 4.43 Å². The Bertz CT molecular complexity index is 268. The lowest BCUT2D eigenvalue weighted by molar-refractivity contribution is 0.185. The van der Waals surface area contributed by atoms with Gasteiger partial charge in [0.15, 0.2) is 8.32 Å². The molecule has 0 bridgehead atoms. The van der Waals surface area contributed by atoms with Gasteiger partial charge >= 0.3 is 0 Å². The van der Waals surface area contributed by atoms with Gasteiger partial charge in [0.25, 0.3) is 0 Å². The van der Waals surface area contributed by atoms with Crippen molar-refractivity contribution in [2.24, 2.45) is 0 Å². The minimum absolute atomic E-state index is 0.307. The van der Waals surface area contributed by atoms with Crippen molar-refractivity contribution in [2.75, 3.05) is 20.2 Å². The Morgan fingerprint density at radius 2 is 2.00 bits per heavy atom. The molecule has 1 heterocycles. The highest BCUT2D eigenvalue weighted by Gasteiger charge is 2.38. The second-order valence-electron chi connectivity index (χ2n) is 6.59. The first-order chi connectivity index (χ1) is 7.13. The van der Waals surface area contributed by atoms with Crippen LogP contribution in [0.1, 0.15) is 27.2 Å². The minimum atomic E-state index is -1.58. The molecule has 0 radical (unpaired) electrons. The van der Waals surface area contributed by atoms with E-state index >= 15 is 0 Å². The number of likely N-dealkylation sites (N-methyl/N-ethyl adjacent to an activating group) is 1. The third-order valence-electron chi connectivity index (χ3n) is 4.06. The van der Waals surface area contributed by atoms with E-state index < -0.39 is 8.32 Å². The Morgan fingerprint density at radius 3 is 2.38 bits per heavy atom. The molecule has 0 unspecified atom stereocenters. The number of hydrogen-bond donors (Lipinski definition) is 0. The highest BCUT2D eigenvalue weighted by atomic mass is 28.4. The number of likely N-dealkylation sites (tertiary alicyclic amines) is 1. The van der Waals surface area contributed by atoms with Crippen LogP contribution in [0.2, 0.25) is 18.1 Å².